The summed E-state index contributed by atoms with van der Waals surface area (Å²) in [6.45, 7) is 1.69. The van der Waals surface area contributed by atoms with Crippen LogP contribution in [-0.4, -0.2) is 10.2 Å². The van der Waals surface area contributed by atoms with Gasteiger partial charge < -0.3 is 15.9 Å². The van der Waals surface area contributed by atoms with Gasteiger partial charge in [-0.15, -0.1) is 0 Å². The van der Waals surface area contributed by atoms with E-state index in [1.807, 2.05) is 6.92 Å². The van der Waals surface area contributed by atoms with Gasteiger partial charge in [-0.25, -0.2) is 0 Å². The Morgan fingerprint density at radius 2 is 2.17 bits per heavy atom. The van der Waals surface area contributed by atoms with E-state index in [2.05, 4.69) is 0 Å². The lowest BCUT2D eigenvalue weighted by Gasteiger charge is -2.07. The predicted octanol–water partition coefficient (Wildman–Crippen LogP) is 0.904. The predicted molar refractivity (Wildman–Crippen MR) is 46.6 cm³/mol. The van der Waals surface area contributed by atoms with Crippen molar-refractivity contribution in [3.63, 3.8) is 0 Å². The van der Waals surface area contributed by atoms with E-state index >= 15 is 0 Å². The first kappa shape index (κ1) is 9.03. The fourth-order valence-electron chi connectivity index (χ4n) is 0.998. The molecule has 0 aliphatic rings. The van der Waals surface area contributed by atoms with Crippen molar-refractivity contribution in [3.8, 4) is 5.75 Å². The molecule has 0 saturated heterocycles. The number of aromatic hydroxyl groups is 1. The highest BCUT2D eigenvalue weighted by molar-refractivity contribution is 5.36. The molecule has 1 unspecified atom stereocenters. The molecule has 1 aromatic carbocycles. The summed E-state index contributed by atoms with van der Waals surface area (Å²) < 4.78 is 0. The van der Waals surface area contributed by atoms with Gasteiger partial charge in [0.2, 0.25) is 0 Å². The van der Waals surface area contributed by atoms with Gasteiger partial charge in [0.05, 0.1) is 6.61 Å². The first-order chi connectivity index (χ1) is 5.65. The van der Waals surface area contributed by atoms with Crippen LogP contribution in [0.25, 0.3) is 0 Å². The van der Waals surface area contributed by atoms with Crippen LogP contribution >= 0.6 is 0 Å². The Morgan fingerprint density at radius 3 is 2.58 bits per heavy atom. The highest BCUT2D eigenvalue weighted by Gasteiger charge is 2.03. The number of phenols is 1. The third-order valence-electron chi connectivity index (χ3n) is 1.81. The summed E-state index contributed by atoms with van der Waals surface area (Å²) in [7, 11) is 0. The van der Waals surface area contributed by atoms with Crippen molar-refractivity contribution < 1.29 is 10.2 Å². The van der Waals surface area contributed by atoms with E-state index in [0.717, 1.165) is 5.56 Å². The van der Waals surface area contributed by atoms with Crippen LogP contribution in [0.1, 0.15) is 24.1 Å². The smallest absolute Gasteiger partial charge is 0.121 e. The van der Waals surface area contributed by atoms with Crippen LogP contribution in [0.4, 0.5) is 0 Å². The van der Waals surface area contributed by atoms with Crippen molar-refractivity contribution in [2.45, 2.75) is 19.6 Å². The van der Waals surface area contributed by atoms with Crippen molar-refractivity contribution in [3.05, 3.63) is 29.3 Å². The average molecular weight is 167 g/mol. The number of aliphatic hydroxyl groups excluding tert-OH is 1. The van der Waals surface area contributed by atoms with Gasteiger partial charge in [-0.3, -0.25) is 0 Å². The van der Waals surface area contributed by atoms with E-state index in [-0.39, 0.29) is 18.4 Å². The van der Waals surface area contributed by atoms with Crippen LogP contribution in [0, 0.1) is 0 Å². The first-order valence-corrected chi connectivity index (χ1v) is 3.83. The largest absolute Gasteiger partial charge is 0.508 e. The second kappa shape index (κ2) is 3.56. The molecule has 0 saturated carbocycles. The second-order valence-corrected chi connectivity index (χ2v) is 2.83. The number of nitrogens with two attached hydrogens (primary N) is 1. The van der Waals surface area contributed by atoms with Crippen molar-refractivity contribution in [1.29, 1.82) is 0 Å². The standard InChI is InChI=1S/C9H13NO2/c1-6(10)7-2-3-8(5-11)9(12)4-7/h2-4,6,11-12H,5,10H2,1H3. The third-order valence-corrected chi connectivity index (χ3v) is 1.81. The Bertz CT molecular complexity index is 271. The highest BCUT2D eigenvalue weighted by atomic mass is 16.3. The quantitative estimate of drug-likeness (QED) is 0.613. The van der Waals surface area contributed by atoms with Gasteiger partial charge in [-0.05, 0) is 18.6 Å². The molecule has 1 atom stereocenters. The Hall–Kier alpha value is -1.06. The molecule has 0 fully saturated rings. The first-order valence-electron chi connectivity index (χ1n) is 3.83. The number of rotatable bonds is 2. The van der Waals surface area contributed by atoms with Crippen molar-refractivity contribution in [2.24, 2.45) is 5.73 Å². The van der Waals surface area contributed by atoms with E-state index in [9.17, 15) is 5.11 Å². The minimum absolute atomic E-state index is 0.0938. The summed E-state index contributed by atoms with van der Waals surface area (Å²) in [6.07, 6.45) is 0. The molecule has 3 nitrogen and oxygen atoms in total. The summed E-state index contributed by atoms with van der Waals surface area (Å²) in [5.74, 6) is 0.104. The van der Waals surface area contributed by atoms with Crippen LogP contribution < -0.4 is 5.73 Å². The molecule has 66 valence electrons. The van der Waals surface area contributed by atoms with Gasteiger partial charge in [-0.2, -0.15) is 0 Å². The van der Waals surface area contributed by atoms with Crippen LogP contribution in [0.3, 0.4) is 0 Å². The number of hydrogen-bond acceptors (Lipinski definition) is 3. The molecule has 0 aromatic heterocycles. The number of hydrogen-bond donors (Lipinski definition) is 3. The third kappa shape index (κ3) is 1.75. The van der Waals surface area contributed by atoms with Gasteiger partial charge >= 0.3 is 0 Å². The lowest BCUT2D eigenvalue weighted by molar-refractivity contribution is 0.275. The Labute approximate surface area is 71.5 Å². The normalized spacial score (nSPS) is 12.9. The highest BCUT2D eigenvalue weighted by Crippen LogP contribution is 2.21. The van der Waals surface area contributed by atoms with Crippen LogP contribution in [0.15, 0.2) is 18.2 Å². The van der Waals surface area contributed by atoms with E-state index < -0.39 is 0 Å². The maximum absolute atomic E-state index is 9.32. The van der Waals surface area contributed by atoms with E-state index in [1.165, 1.54) is 0 Å². The van der Waals surface area contributed by atoms with E-state index in [4.69, 9.17) is 10.8 Å². The van der Waals surface area contributed by atoms with E-state index in [1.54, 1.807) is 18.2 Å². The van der Waals surface area contributed by atoms with E-state index in [0.29, 0.717) is 5.56 Å². The summed E-state index contributed by atoms with van der Waals surface area (Å²) in [4.78, 5) is 0. The summed E-state index contributed by atoms with van der Waals surface area (Å²) in [5, 5.41) is 18.1. The Balaban J connectivity index is 3.02. The fourth-order valence-corrected chi connectivity index (χ4v) is 0.998. The molecule has 0 amide bonds. The Morgan fingerprint density at radius 1 is 1.50 bits per heavy atom. The molecule has 3 heteroatoms. The van der Waals surface area contributed by atoms with Crippen LogP contribution in [-0.2, 0) is 6.61 Å². The van der Waals surface area contributed by atoms with Gasteiger partial charge in [0.25, 0.3) is 0 Å². The maximum Gasteiger partial charge on any atom is 0.121 e. The molecule has 4 N–H and O–H groups in total. The van der Waals surface area contributed by atoms with Crippen LogP contribution in [0.5, 0.6) is 5.75 Å². The molecular weight excluding hydrogens is 154 g/mol. The molecule has 0 aliphatic carbocycles. The zero-order valence-corrected chi connectivity index (χ0v) is 6.99. The zero-order chi connectivity index (χ0) is 9.14. The van der Waals surface area contributed by atoms with Gasteiger partial charge in [-0.1, -0.05) is 12.1 Å². The molecule has 0 radical (unpaired) electrons. The molecule has 1 rings (SSSR count). The molecule has 0 aliphatic heterocycles. The molecule has 12 heavy (non-hydrogen) atoms. The SMILES string of the molecule is CC(N)c1ccc(CO)c(O)c1. The Kier molecular flexibility index (Phi) is 2.68. The van der Waals surface area contributed by atoms with Crippen LogP contribution in [0.2, 0.25) is 0 Å². The maximum atomic E-state index is 9.32. The van der Waals surface area contributed by atoms with Crippen molar-refractivity contribution in [2.75, 3.05) is 0 Å². The lowest BCUT2D eigenvalue weighted by Crippen LogP contribution is -2.04. The minimum atomic E-state index is -0.148. The molecule has 1 aromatic rings. The van der Waals surface area contributed by atoms with Crippen molar-refractivity contribution >= 4 is 0 Å². The fraction of sp³-hybridized carbons (Fsp3) is 0.333. The molecule has 0 spiro atoms. The van der Waals surface area contributed by atoms with Gasteiger partial charge in [0.1, 0.15) is 5.75 Å². The van der Waals surface area contributed by atoms with Gasteiger partial charge in [0.15, 0.2) is 0 Å². The number of benzene rings is 1. The summed E-state index contributed by atoms with van der Waals surface area (Å²) in [5.41, 5.74) is 6.99. The lowest BCUT2D eigenvalue weighted by atomic mass is 10.1. The minimum Gasteiger partial charge on any atom is -0.508 e. The molecule has 0 heterocycles. The monoisotopic (exact) mass is 167 g/mol. The summed E-state index contributed by atoms with van der Waals surface area (Å²) in [6, 6.07) is 4.96. The number of aliphatic hydroxyl groups is 1. The second-order valence-electron chi connectivity index (χ2n) is 2.83. The summed E-state index contributed by atoms with van der Waals surface area (Å²) >= 11 is 0. The average Bonchev–Trinajstić information content (AvgIpc) is 2.04. The topological polar surface area (TPSA) is 66.5 Å². The van der Waals surface area contributed by atoms with Crippen molar-refractivity contribution in [1.82, 2.24) is 0 Å². The zero-order valence-electron chi connectivity index (χ0n) is 6.99. The van der Waals surface area contributed by atoms with Gasteiger partial charge in [0, 0.05) is 11.6 Å². The molecular formula is C9H13NO2. The molecule has 0 bridgehead atoms.